The van der Waals surface area contributed by atoms with Crippen LogP contribution in [0.2, 0.25) is 10.0 Å². The first-order chi connectivity index (χ1) is 11.5. The van der Waals surface area contributed by atoms with Gasteiger partial charge in [0, 0.05) is 18.8 Å². The van der Waals surface area contributed by atoms with Gasteiger partial charge in [-0.15, -0.1) is 0 Å². The molecule has 1 aliphatic heterocycles. The molecule has 1 saturated heterocycles. The zero-order chi connectivity index (χ0) is 17.3. The van der Waals surface area contributed by atoms with E-state index < -0.39 is 0 Å². The van der Waals surface area contributed by atoms with Crippen LogP contribution in [0.3, 0.4) is 0 Å². The molecule has 7 heteroatoms. The summed E-state index contributed by atoms with van der Waals surface area (Å²) in [7, 11) is 0. The standard InChI is InChI=1S/C17H19Cl2N3O2/c1-11(2)22-9-13(8-20-22)17(23)21-5-6-24-16(10-21)12-3-4-14(18)15(19)7-12/h3-4,7-9,11,16H,5-6,10H2,1-2H3/t16-/m1/s1. The van der Waals surface area contributed by atoms with Gasteiger partial charge < -0.3 is 9.64 Å². The van der Waals surface area contributed by atoms with Gasteiger partial charge in [-0.2, -0.15) is 5.10 Å². The minimum absolute atomic E-state index is 0.0322. The fourth-order valence-corrected chi connectivity index (χ4v) is 2.97. The molecule has 5 nitrogen and oxygen atoms in total. The van der Waals surface area contributed by atoms with Crippen molar-refractivity contribution in [3.63, 3.8) is 0 Å². The normalized spacial score (nSPS) is 18.2. The molecule has 1 aliphatic rings. The molecule has 2 aromatic rings. The van der Waals surface area contributed by atoms with E-state index in [1.165, 1.54) is 0 Å². The van der Waals surface area contributed by atoms with E-state index in [9.17, 15) is 4.79 Å². The number of carbonyl (C=O) groups is 1. The number of aromatic nitrogens is 2. The van der Waals surface area contributed by atoms with Crippen LogP contribution in [-0.4, -0.2) is 40.3 Å². The highest BCUT2D eigenvalue weighted by Crippen LogP contribution is 2.29. The zero-order valence-corrected chi connectivity index (χ0v) is 15.1. The van der Waals surface area contributed by atoms with Gasteiger partial charge in [0.2, 0.25) is 0 Å². The van der Waals surface area contributed by atoms with Crippen molar-refractivity contribution in [3.8, 4) is 0 Å². The summed E-state index contributed by atoms with van der Waals surface area (Å²) < 4.78 is 7.58. The Morgan fingerprint density at radius 2 is 2.12 bits per heavy atom. The second kappa shape index (κ2) is 7.13. The molecule has 1 amide bonds. The summed E-state index contributed by atoms with van der Waals surface area (Å²) in [5, 5.41) is 5.23. The smallest absolute Gasteiger partial charge is 0.257 e. The molecule has 0 unspecified atom stereocenters. The minimum Gasteiger partial charge on any atom is -0.370 e. The van der Waals surface area contributed by atoms with E-state index in [1.54, 1.807) is 34.1 Å². The van der Waals surface area contributed by atoms with Crippen LogP contribution in [0.25, 0.3) is 0 Å². The molecule has 1 aromatic heterocycles. The SMILES string of the molecule is CC(C)n1cc(C(=O)N2CCO[C@@H](c3ccc(Cl)c(Cl)c3)C2)cn1. The van der Waals surface area contributed by atoms with Crippen molar-refractivity contribution in [2.75, 3.05) is 19.7 Å². The van der Waals surface area contributed by atoms with Gasteiger partial charge in [0.1, 0.15) is 6.10 Å². The van der Waals surface area contributed by atoms with Crippen molar-refractivity contribution >= 4 is 29.1 Å². The average molecular weight is 368 g/mol. The Labute approximate surface area is 151 Å². The van der Waals surface area contributed by atoms with Crippen LogP contribution in [0.15, 0.2) is 30.6 Å². The van der Waals surface area contributed by atoms with Gasteiger partial charge in [0.15, 0.2) is 0 Å². The molecule has 1 aromatic carbocycles. The second-order valence-electron chi connectivity index (χ2n) is 6.09. The lowest BCUT2D eigenvalue weighted by Crippen LogP contribution is -2.42. The summed E-state index contributed by atoms with van der Waals surface area (Å²) in [6.07, 6.45) is 3.19. The Kier molecular flexibility index (Phi) is 5.13. The maximum Gasteiger partial charge on any atom is 0.257 e. The summed E-state index contributed by atoms with van der Waals surface area (Å²) >= 11 is 12.0. The predicted octanol–water partition coefficient (Wildman–Crippen LogP) is 3.98. The Morgan fingerprint density at radius 1 is 1.33 bits per heavy atom. The second-order valence-corrected chi connectivity index (χ2v) is 6.90. The van der Waals surface area contributed by atoms with E-state index in [0.29, 0.717) is 35.3 Å². The van der Waals surface area contributed by atoms with Crippen LogP contribution in [0.1, 0.15) is 41.9 Å². The van der Waals surface area contributed by atoms with Crippen LogP contribution >= 0.6 is 23.2 Å². The summed E-state index contributed by atoms with van der Waals surface area (Å²) in [6.45, 7) is 5.56. The number of nitrogens with zero attached hydrogens (tertiary/aromatic N) is 3. The molecule has 3 rings (SSSR count). The largest absolute Gasteiger partial charge is 0.370 e. The van der Waals surface area contributed by atoms with E-state index in [-0.39, 0.29) is 18.1 Å². The summed E-state index contributed by atoms with van der Waals surface area (Å²) in [4.78, 5) is 14.5. The number of rotatable bonds is 3. The molecule has 24 heavy (non-hydrogen) atoms. The minimum atomic E-state index is -0.211. The molecule has 1 fully saturated rings. The van der Waals surface area contributed by atoms with E-state index >= 15 is 0 Å². The number of carbonyl (C=O) groups excluding carboxylic acids is 1. The van der Waals surface area contributed by atoms with Crippen molar-refractivity contribution in [3.05, 3.63) is 51.8 Å². The predicted molar refractivity (Wildman–Crippen MR) is 93.7 cm³/mol. The van der Waals surface area contributed by atoms with Gasteiger partial charge in [-0.3, -0.25) is 9.48 Å². The summed E-state index contributed by atoms with van der Waals surface area (Å²) in [5.74, 6) is -0.0322. The quantitative estimate of drug-likeness (QED) is 0.823. The lowest BCUT2D eigenvalue weighted by Gasteiger charge is -2.33. The Balaban J connectivity index is 1.74. The molecule has 0 aliphatic carbocycles. The number of amides is 1. The zero-order valence-electron chi connectivity index (χ0n) is 13.6. The van der Waals surface area contributed by atoms with Crippen LogP contribution in [0.5, 0.6) is 0 Å². The number of hydrogen-bond donors (Lipinski definition) is 0. The molecule has 128 valence electrons. The molecule has 0 bridgehead atoms. The highest BCUT2D eigenvalue weighted by molar-refractivity contribution is 6.42. The lowest BCUT2D eigenvalue weighted by atomic mass is 10.1. The Hall–Kier alpha value is -1.56. The first kappa shape index (κ1) is 17.3. The maximum atomic E-state index is 12.7. The number of benzene rings is 1. The Morgan fingerprint density at radius 3 is 2.79 bits per heavy atom. The van der Waals surface area contributed by atoms with Gasteiger partial charge in [-0.25, -0.2) is 0 Å². The van der Waals surface area contributed by atoms with E-state index in [1.807, 2.05) is 19.9 Å². The van der Waals surface area contributed by atoms with Crippen molar-refractivity contribution in [2.45, 2.75) is 26.0 Å². The van der Waals surface area contributed by atoms with Crippen molar-refractivity contribution in [2.24, 2.45) is 0 Å². The molecule has 0 spiro atoms. The third-order valence-corrected chi connectivity index (χ3v) is 4.79. The lowest BCUT2D eigenvalue weighted by molar-refractivity contribution is -0.0228. The monoisotopic (exact) mass is 367 g/mol. The van der Waals surface area contributed by atoms with Crippen LogP contribution in [-0.2, 0) is 4.74 Å². The van der Waals surface area contributed by atoms with Gasteiger partial charge in [0.05, 0.1) is 35.0 Å². The summed E-state index contributed by atoms with van der Waals surface area (Å²) in [6, 6.07) is 5.64. The topological polar surface area (TPSA) is 47.4 Å². The number of ether oxygens (including phenoxy) is 1. The van der Waals surface area contributed by atoms with Crippen molar-refractivity contribution in [1.29, 1.82) is 0 Å². The Bertz CT molecular complexity index is 745. The fraction of sp³-hybridized carbons (Fsp3) is 0.412. The summed E-state index contributed by atoms with van der Waals surface area (Å²) in [5.41, 5.74) is 1.51. The molecular formula is C17H19Cl2N3O2. The average Bonchev–Trinajstić information content (AvgIpc) is 3.07. The van der Waals surface area contributed by atoms with Gasteiger partial charge >= 0.3 is 0 Å². The van der Waals surface area contributed by atoms with Crippen LogP contribution in [0, 0.1) is 0 Å². The molecular weight excluding hydrogens is 349 g/mol. The number of morpholine rings is 1. The van der Waals surface area contributed by atoms with Gasteiger partial charge in [0.25, 0.3) is 5.91 Å². The molecule has 0 N–H and O–H groups in total. The van der Waals surface area contributed by atoms with Gasteiger partial charge in [-0.05, 0) is 31.5 Å². The third kappa shape index (κ3) is 3.58. The molecule has 0 radical (unpaired) electrons. The first-order valence-electron chi connectivity index (χ1n) is 7.85. The van der Waals surface area contributed by atoms with Crippen LogP contribution in [0.4, 0.5) is 0 Å². The molecule has 1 atom stereocenters. The van der Waals surface area contributed by atoms with Crippen molar-refractivity contribution in [1.82, 2.24) is 14.7 Å². The highest BCUT2D eigenvalue weighted by atomic mass is 35.5. The molecule has 2 heterocycles. The maximum absolute atomic E-state index is 12.7. The van der Waals surface area contributed by atoms with E-state index in [0.717, 1.165) is 5.56 Å². The first-order valence-corrected chi connectivity index (χ1v) is 8.61. The number of halogens is 2. The number of hydrogen-bond acceptors (Lipinski definition) is 3. The third-order valence-electron chi connectivity index (χ3n) is 4.05. The van der Waals surface area contributed by atoms with E-state index in [4.69, 9.17) is 27.9 Å². The van der Waals surface area contributed by atoms with E-state index in [2.05, 4.69) is 5.10 Å². The van der Waals surface area contributed by atoms with Gasteiger partial charge in [-0.1, -0.05) is 29.3 Å². The molecule has 0 saturated carbocycles. The van der Waals surface area contributed by atoms with Crippen LogP contribution < -0.4 is 0 Å². The highest BCUT2D eigenvalue weighted by Gasteiger charge is 2.27. The van der Waals surface area contributed by atoms with Crippen molar-refractivity contribution < 1.29 is 9.53 Å². The fourth-order valence-electron chi connectivity index (χ4n) is 2.66.